The van der Waals surface area contributed by atoms with Gasteiger partial charge in [-0.05, 0) is 37.1 Å². The minimum Gasteiger partial charge on any atom is -0.382 e. The second-order valence-corrected chi connectivity index (χ2v) is 5.44. The van der Waals surface area contributed by atoms with E-state index in [-0.39, 0.29) is 5.82 Å². The first kappa shape index (κ1) is 16.2. The number of halogens is 3. The molecule has 0 aromatic carbocycles. The standard InChI is InChI=1S/C15H14F3N5O/c16-15(17,18)9-3-1-7-20-13(9)14(24)23-8-2-4-11(23)10-5-6-12(19)22-21-10/h1,3,5-7,11H,2,4,8H2,(H2,19,22). The van der Waals surface area contributed by atoms with Gasteiger partial charge >= 0.3 is 6.18 Å². The third kappa shape index (κ3) is 3.01. The number of nitrogen functional groups attached to an aromatic ring is 1. The maximum Gasteiger partial charge on any atom is 0.418 e. The van der Waals surface area contributed by atoms with E-state index in [1.807, 2.05) is 0 Å². The SMILES string of the molecule is Nc1ccc(C2CCCN2C(=O)c2ncccc2C(F)(F)F)nn1. The zero-order valence-corrected chi connectivity index (χ0v) is 12.5. The van der Waals surface area contributed by atoms with Crippen LogP contribution in [-0.2, 0) is 6.18 Å². The van der Waals surface area contributed by atoms with Crippen molar-refractivity contribution in [1.29, 1.82) is 0 Å². The molecule has 2 N–H and O–H groups in total. The summed E-state index contributed by atoms with van der Waals surface area (Å²) >= 11 is 0. The topological polar surface area (TPSA) is 85.0 Å². The summed E-state index contributed by atoms with van der Waals surface area (Å²) in [4.78, 5) is 17.7. The van der Waals surface area contributed by atoms with E-state index in [4.69, 9.17) is 5.73 Å². The number of anilines is 1. The normalized spacial score (nSPS) is 18.0. The Morgan fingerprint density at radius 2 is 2.04 bits per heavy atom. The van der Waals surface area contributed by atoms with E-state index in [1.165, 1.54) is 11.1 Å². The van der Waals surface area contributed by atoms with E-state index in [2.05, 4.69) is 15.2 Å². The van der Waals surface area contributed by atoms with Crippen molar-refractivity contribution in [3.8, 4) is 0 Å². The molecule has 3 heterocycles. The Morgan fingerprint density at radius 3 is 2.71 bits per heavy atom. The molecule has 0 aliphatic carbocycles. The molecule has 1 atom stereocenters. The zero-order chi connectivity index (χ0) is 17.3. The number of nitrogens with zero attached hydrogens (tertiary/aromatic N) is 4. The Bertz CT molecular complexity index is 748. The zero-order valence-electron chi connectivity index (χ0n) is 12.5. The van der Waals surface area contributed by atoms with Crippen molar-refractivity contribution in [1.82, 2.24) is 20.1 Å². The molecule has 1 aliphatic rings. The molecule has 0 saturated carbocycles. The largest absolute Gasteiger partial charge is 0.418 e. The number of carbonyl (C=O) groups excluding carboxylic acids is 1. The van der Waals surface area contributed by atoms with Crippen LogP contribution in [0.2, 0.25) is 0 Å². The van der Waals surface area contributed by atoms with Gasteiger partial charge in [-0.1, -0.05) is 0 Å². The highest BCUT2D eigenvalue weighted by atomic mass is 19.4. The minimum atomic E-state index is -4.64. The molecule has 2 aromatic rings. The number of pyridine rings is 1. The smallest absolute Gasteiger partial charge is 0.382 e. The predicted molar refractivity (Wildman–Crippen MR) is 78.7 cm³/mol. The van der Waals surface area contributed by atoms with Crippen molar-refractivity contribution in [3.05, 3.63) is 47.4 Å². The molecule has 3 rings (SSSR count). The number of alkyl halides is 3. The molecular formula is C15H14F3N5O. The predicted octanol–water partition coefficient (Wildman–Crippen LogP) is 2.45. The minimum absolute atomic E-state index is 0.235. The third-order valence-electron chi connectivity index (χ3n) is 3.88. The molecule has 1 fully saturated rings. The second kappa shape index (κ2) is 6.06. The molecular weight excluding hydrogens is 323 g/mol. The van der Waals surface area contributed by atoms with Gasteiger partial charge in [-0.25, -0.2) is 0 Å². The first-order chi connectivity index (χ1) is 11.4. The second-order valence-electron chi connectivity index (χ2n) is 5.44. The number of amides is 1. The van der Waals surface area contributed by atoms with E-state index in [0.717, 1.165) is 12.1 Å². The number of aromatic nitrogens is 3. The van der Waals surface area contributed by atoms with Crippen LogP contribution in [0.1, 0.15) is 40.6 Å². The average molecular weight is 337 g/mol. The van der Waals surface area contributed by atoms with Gasteiger partial charge in [0, 0.05) is 12.7 Å². The Kier molecular flexibility index (Phi) is 4.08. The van der Waals surface area contributed by atoms with E-state index >= 15 is 0 Å². The van der Waals surface area contributed by atoms with Gasteiger partial charge in [0.05, 0.1) is 17.3 Å². The van der Waals surface area contributed by atoms with E-state index in [9.17, 15) is 18.0 Å². The van der Waals surface area contributed by atoms with E-state index < -0.39 is 29.4 Å². The maximum absolute atomic E-state index is 13.1. The molecule has 0 spiro atoms. The van der Waals surface area contributed by atoms with E-state index in [0.29, 0.717) is 25.1 Å². The van der Waals surface area contributed by atoms with Crippen LogP contribution in [-0.4, -0.2) is 32.5 Å². The van der Waals surface area contributed by atoms with Crippen LogP contribution < -0.4 is 5.73 Å². The van der Waals surface area contributed by atoms with Crippen molar-refractivity contribution in [3.63, 3.8) is 0 Å². The number of carbonyl (C=O) groups is 1. The van der Waals surface area contributed by atoms with Crippen molar-refractivity contribution in [2.75, 3.05) is 12.3 Å². The number of rotatable bonds is 2. The lowest BCUT2D eigenvalue weighted by atomic mass is 10.1. The lowest BCUT2D eigenvalue weighted by Gasteiger charge is -2.24. The Balaban J connectivity index is 1.94. The Morgan fingerprint density at radius 1 is 1.25 bits per heavy atom. The Labute approximate surface area is 135 Å². The van der Waals surface area contributed by atoms with Crippen LogP contribution in [0, 0.1) is 0 Å². The van der Waals surface area contributed by atoms with Gasteiger partial charge in [-0.2, -0.15) is 18.3 Å². The van der Waals surface area contributed by atoms with Gasteiger partial charge in [-0.3, -0.25) is 9.78 Å². The molecule has 9 heteroatoms. The molecule has 6 nitrogen and oxygen atoms in total. The van der Waals surface area contributed by atoms with E-state index in [1.54, 1.807) is 12.1 Å². The van der Waals surface area contributed by atoms with Gasteiger partial charge in [0.2, 0.25) is 0 Å². The fourth-order valence-electron chi connectivity index (χ4n) is 2.79. The summed E-state index contributed by atoms with van der Waals surface area (Å²) in [5.74, 6) is -0.525. The quantitative estimate of drug-likeness (QED) is 0.910. The lowest BCUT2D eigenvalue weighted by molar-refractivity contribution is -0.138. The van der Waals surface area contributed by atoms with Gasteiger partial charge in [0.1, 0.15) is 11.5 Å². The van der Waals surface area contributed by atoms with Gasteiger partial charge in [0.15, 0.2) is 0 Å². The number of likely N-dealkylation sites (tertiary alicyclic amines) is 1. The fraction of sp³-hybridized carbons (Fsp3) is 0.333. The number of nitrogens with two attached hydrogens (primary N) is 1. The number of hydrogen-bond donors (Lipinski definition) is 1. The van der Waals surface area contributed by atoms with Crippen molar-refractivity contribution in [2.45, 2.75) is 25.1 Å². The molecule has 1 amide bonds. The first-order valence-electron chi connectivity index (χ1n) is 7.30. The van der Waals surface area contributed by atoms with Crippen molar-refractivity contribution in [2.24, 2.45) is 0 Å². The lowest BCUT2D eigenvalue weighted by Crippen LogP contribution is -2.33. The summed E-state index contributed by atoms with van der Waals surface area (Å²) in [6, 6.07) is 4.75. The molecule has 1 aliphatic heterocycles. The van der Waals surface area contributed by atoms with Crippen LogP contribution in [0.15, 0.2) is 30.5 Å². The third-order valence-corrected chi connectivity index (χ3v) is 3.88. The van der Waals surface area contributed by atoms with Crippen LogP contribution in [0.25, 0.3) is 0 Å². The van der Waals surface area contributed by atoms with Crippen molar-refractivity contribution < 1.29 is 18.0 Å². The fourth-order valence-corrected chi connectivity index (χ4v) is 2.79. The van der Waals surface area contributed by atoms with Crippen LogP contribution in [0.5, 0.6) is 0 Å². The van der Waals surface area contributed by atoms with Crippen LogP contribution >= 0.6 is 0 Å². The summed E-state index contributed by atoms with van der Waals surface area (Å²) in [6.07, 6.45) is -2.21. The molecule has 0 bridgehead atoms. The molecule has 1 unspecified atom stereocenters. The highest BCUT2D eigenvalue weighted by molar-refractivity contribution is 5.94. The molecule has 126 valence electrons. The molecule has 0 radical (unpaired) electrons. The Hall–Kier alpha value is -2.71. The molecule has 1 saturated heterocycles. The summed E-state index contributed by atoms with van der Waals surface area (Å²) < 4.78 is 39.3. The average Bonchev–Trinajstić information content (AvgIpc) is 3.03. The molecule has 2 aromatic heterocycles. The highest BCUT2D eigenvalue weighted by Crippen LogP contribution is 2.35. The summed E-state index contributed by atoms with van der Waals surface area (Å²) in [7, 11) is 0. The summed E-state index contributed by atoms with van der Waals surface area (Å²) in [5, 5.41) is 7.69. The van der Waals surface area contributed by atoms with Gasteiger partial charge in [-0.15, -0.1) is 5.10 Å². The van der Waals surface area contributed by atoms with Gasteiger partial charge in [0.25, 0.3) is 5.91 Å². The van der Waals surface area contributed by atoms with Crippen LogP contribution in [0.4, 0.5) is 19.0 Å². The monoisotopic (exact) mass is 337 g/mol. The number of hydrogen-bond acceptors (Lipinski definition) is 5. The highest BCUT2D eigenvalue weighted by Gasteiger charge is 2.39. The van der Waals surface area contributed by atoms with Gasteiger partial charge < -0.3 is 10.6 Å². The summed E-state index contributed by atoms with van der Waals surface area (Å²) in [6.45, 7) is 0.337. The molecule has 24 heavy (non-hydrogen) atoms. The maximum atomic E-state index is 13.1. The summed E-state index contributed by atoms with van der Waals surface area (Å²) in [5.41, 5.74) is 4.35. The van der Waals surface area contributed by atoms with Crippen LogP contribution in [0.3, 0.4) is 0 Å². The first-order valence-corrected chi connectivity index (χ1v) is 7.30. The van der Waals surface area contributed by atoms with Crippen molar-refractivity contribution >= 4 is 11.7 Å².